The molecule has 6 nitrogen and oxygen atoms in total. The van der Waals surface area contributed by atoms with Gasteiger partial charge in [-0.05, 0) is 31.9 Å². The molecule has 4 rings (SSSR count). The summed E-state index contributed by atoms with van der Waals surface area (Å²) < 4.78 is 38.4. The first-order valence-corrected chi connectivity index (χ1v) is 10.5. The van der Waals surface area contributed by atoms with E-state index in [1.165, 1.54) is 12.8 Å². The average Bonchev–Trinajstić information content (AvgIpc) is 3.10. The van der Waals surface area contributed by atoms with Crippen LogP contribution in [0.2, 0.25) is 5.02 Å². The number of nitrogens with zero attached hydrogens (tertiary/aromatic N) is 4. The number of hydrogen-bond acceptors (Lipinski definition) is 4. The number of halogens is 4. The largest absolute Gasteiger partial charge is 0.417 e. The lowest BCUT2D eigenvalue weighted by atomic mass is 9.99. The molecule has 0 radical (unpaired) electrons. The van der Waals surface area contributed by atoms with Gasteiger partial charge < -0.3 is 15.1 Å². The molecular weight excluding hydrogens is 407 g/mol. The summed E-state index contributed by atoms with van der Waals surface area (Å²) in [6, 6.07) is 1.49. The minimum Gasteiger partial charge on any atom is -0.352 e. The molecule has 1 aromatic heterocycles. The molecule has 0 aliphatic carbocycles. The molecule has 3 fully saturated rings. The van der Waals surface area contributed by atoms with Crippen molar-refractivity contribution in [1.29, 1.82) is 0 Å². The highest BCUT2D eigenvalue weighted by atomic mass is 35.5. The van der Waals surface area contributed by atoms with Gasteiger partial charge in [0.25, 0.3) is 0 Å². The summed E-state index contributed by atoms with van der Waals surface area (Å²) in [5.41, 5.74) is -0.863. The number of piperidine rings is 1. The SMILES string of the molecule is O=C(NC1CCN2CCCCC12)N1CCN(c2ncc(C(F)(F)F)cc2Cl)CC1. The van der Waals surface area contributed by atoms with Crippen LogP contribution in [0.4, 0.5) is 23.8 Å². The van der Waals surface area contributed by atoms with Crippen LogP contribution in [-0.2, 0) is 6.18 Å². The number of carbonyl (C=O) groups is 1. The van der Waals surface area contributed by atoms with Crippen LogP contribution in [0, 0.1) is 0 Å². The van der Waals surface area contributed by atoms with Crippen molar-refractivity contribution in [1.82, 2.24) is 20.1 Å². The summed E-state index contributed by atoms with van der Waals surface area (Å²) in [5, 5.41) is 3.17. The highest BCUT2D eigenvalue weighted by molar-refractivity contribution is 6.33. The van der Waals surface area contributed by atoms with Crippen molar-refractivity contribution in [2.24, 2.45) is 0 Å². The predicted molar refractivity (Wildman–Crippen MR) is 104 cm³/mol. The summed E-state index contributed by atoms with van der Waals surface area (Å²) in [6.07, 6.45) is 0.904. The van der Waals surface area contributed by atoms with E-state index in [1.807, 2.05) is 4.90 Å². The highest BCUT2D eigenvalue weighted by Gasteiger charge is 2.37. The molecule has 0 spiro atoms. The zero-order valence-electron chi connectivity index (χ0n) is 16.1. The lowest BCUT2D eigenvalue weighted by molar-refractivity contribution is -0.137. The molecule has 0 bridgehead atoms. The number of piperazine rings is 1. The van der Waals surface area contributed by atoms with Gasteiger partial charge in [-0.1, -0.05) is 18.0 Å². The Morgan fingerprint density at radius 1 is 1.10 bits per heavy atom. The molecule has 2 atom stereocenters. The third kappa shape index (κ3) is 4.40. The highest BCUT2D eigenvalue weighted by Crippen LogP contribution is 2.34. The van der Waals surface area contributed by atoms with E-state index in [2.05, 4.69) is 15.2 Å². The monoisotopic (exact) mass is 431 g/mol. The third-order valence-electron chi connectivity index (χ3n) is 6.18. The van der Waals surface area contributed by atoms with Gasteiger partial charge in [0.15, 0.2) is 0 Å². The number of carbonyl (C=O) groups excluding carboxylic acids is 1. The number of fused-ring (bicyclic) bond motifs is 1. The smallest absolute Gasteiger partial charge is 0.352 e. The maximum Gasteiger partial charge on any atom is 0.417 e. The first-order valence-electron chi connectivity index (χ1n) is 10.1. The van der Waals surface area contributed by atoms with Crippen LogP contribution in [0.1, 0.15) is 31.2 Å². The number of pyridine rings is 1. The summed E-state index contributed by atoms with van der Waals surface area (Å²) in [6.45, 7) is 4.08. The fraction of sp³-hybridized carbons (Fsp3) is 0.684. The quantitative estimate of drug-likeness (QED) is 0.781. The number of alkyl halides is 3. The second-order valence-corrected chi connectivity index (χ2v) is 8.35. The van der Waals surface area contributed by atoms with E-state index < -0.39 is 11.7 Å². The molecule has 3 aliphatic heterocycles. The molecule has 2 unspecified atom stereocenters. The van der Waals surface area contributed by atoms with Crippen molar-refractivity contribution in [2.75, 3.05) is 44.2 Å². The first kappa shape index (κ1) is 20.5. The van der Waals surface area contributed by atoms with Gasteiger partial charge in [0, 0.05) is 51.0 Å². The lowest BCUT2D eigenvalue weighted by Crippen LogP contribution is -2.55. The molecule has 160 valence electrons. The Labute approximate surface area is 173 Å². The molecule has 3 aliphatic rings. The van der Waals surface area contributed by atoms with Crippen molar-refractivity contribution >= 4 is 23.4 Å². The van der Waals surface area contributed by atoms with Crippen LogP contribution in [0.15, 0.2) is 12.3 Å². The van der Waals surface area contributed by atoms with E-state index in [9.17, 15) is 18.0 Å². The van der Waals surface area contributed by atoms with E-state index in [1.54, 1.807) is 4.90 Å². The first-order chi connectivity index (χ1) is 13.8. The number of nitrogens with one attached hydrogen (secondary N) is 1. The molecular formula is C19H25ClF3N5O. The van der Waals surface area contributed by atoms with Gasteiger partial charge in [0.2, 0.25) is 0 Å². The number of hydrogen-bond donors (Lipinski definition) is 1. The maximum absolute atomic E-state index is 12.8. The molecule has 1 N–H and O–H groups in total. The van der Waals surface area contributed by atoms with Gasteiger partial charge in [-0.25, -0.2) is 9.78 Å². The van der Waals surface area contributed by atoms with Gasteiger partial charge in [0.05, 0.1) is 10.6 Å². The van der Waals surface area contributed by atoms with Crippen LogP contribution in [-0.4, -0.2) is 72.2 Å². The van der Waals surface area contributed by atoms with Gasteiger partial charge in [-0.2, -0.15) is 13.2 Å². The van der Waals surface area contributed by atoms with Crippen molar-refractivity contribution in [2.45, 2.75) is 43.9 Å². The zero-order valence-corrected chi connectivity index (χ0v) is 16.8. The molecule has 2 amide bonds. The zero-order chi connectivity index (χ0) is 20.6. The second kappa shape index (κ2) is 8.18. The number of anilines is 1. The summed E-state index contributed by atoms with van der Waals surface area (Å²) >= 11 is 6.04. The topological polar surface area (TPSA) is 51.7 Å². The Morgan fingerprint density at radius 3 is 2.55 bits per heavy atom. The minimum absolute atomic E-state index is 0.0268. The standard InChI is InChI=1S/C19H25ClF3N5O/c20-14-11-13(19(21,22)23)12-24-17(14)27-7-9-28(10-8-27)18(29)25-15-4-6-26-5-2-1-3-16(15)26/h11-12,15-16H,1-10H2,(H,25,29). The van der Waals surface area contributed by atoms with Gasteiger partial charge >= 0.3 is 12.2 Å². The number of aromatic nitrogens is 1. The van der Waals surface area contributed by atoms with Crippen LogP contribution in [0.3, 0.4) is 0 Å². The van der Waals surface area contributed by atoms with Crippen LogP contribution < -0.4 is 10.2 Å². The summed E-state index contributed by atoms with van der Waals surface area (Å²) in [5.74, 6) is 0.327. The predicted octanol–water partition coefficient (Wildman–Crippen LogP) is 3.21. The number of amides is 2. The lowest BCUT2D eigenvalue weighted by Gasteiger charge is -2.37. The molecule has 10 heteroatoms. The molecule has 1 aromatic rings. The van der Waals surface area contributed by atoms with Gasteiger partial charge in [0.1, 0.15) is 5.82 Å². The van der Waals surface area contributed by atoms with Crippen molar-refractivity contribution in [3.8, 4) is 0 Å². The molecule has 4 heterocycles. The van der Waals surface area contributed by atoms with Crippen LogP contribution in [0.25, 0.3) is 0 Å². The third-order valence-corrected chi connectivity index (χ3v) is 6.46. The molecule has 0 aromatic carbocycles. The van der Waals surface area contributed by atoms with Crippen molar-refractivity contribution in [3.63, 3.8) is 0 Å². The Kier molecular flexibility index (Phi) is 5.79. The maximum atomic E-state index is 12.8. The fourth-order valence-electron chi connectivity index (χ4n) is 4.61. The van der Waals surface area contributed by atoms with E-state index in [4.69, 9.17) is 11.6 Å². The van der Waals surface area contributed by atoms with Crippen LogP contribution in [0.5, 0.6) is 0 Å². The summed E-state index contributed by atoms with van der Waals surface area (Å²) in [7, 11) is 0. The van der Waals surface area contributed by atoms with E-state index in [0.717, 1.165) is 38.2 Å². The van der Waals surface area contributed by atoms with Gasteiger partial charge in [-0.15, -0.1) is 0 Å². The fourth-order valence-corrected chi connectivity index (χ4v) is 4.89. The van der Waals surface area contributed by atoms with Crippen molar-refractivity contribution in [3.05, 3.63) is 22.8 Å². The molecule has 3 saturated heterocycles. The molecule has 29 heavy (non-hydrogen) atoms. The summed E-state index contributed by atoms with van der Waals surface area (Å²) in [4.78, 5) is 22.7. The van der Waals surface area contributed by atoms with E-state index in [0.29, 0.717) is 38.0 Å². The number of urea groups is 1. The van der Waals surface area contributed by atoms with Crippen molar-refractivity contribution < 1.29 is 18.0 Å². The Morgan fingerprint density at radius 2 is 1.86 bits per heavy atom. The van der Waals surface area contributed by atoms with Crippen LogP contribution >= 0.6 is 11.6 Å². The van der Waals surface area contributed by atoms with E-state index in [-0.39, 0.29) is 17.1 Å². The minimum atomic E-state index is -4.47. The second-order valence-electron chi connectivity index (χ2n) is 7.95. The number of rotatable bonds is 2. The normalized spacial score (nSPS) is 25.8. The van der Waals surface area contributed by atoms with E-state index >= 15 is 0 Å². The average molecular weight is 432 g/mol. The van der Waals surface area contributed by atoms with Gasteiger partial charge in [-0.3, -0.25) is 4.90 Å². The Balaban J connectivity index is 1.32. The Bertz CT molecular complexity index is 754. The Hall–Kier alpha value is -1.74. The molecule has 0 saturated carbocycles.